The molecule has 2 aromatic heterocycles. The van der Waals surface area contributed by atoms with E-state index in [0.717, 1.165) is 57.6 Å². The molecule has 1 saturated heterocycles. The van der Waals surface area contributed by atoms with E-state index in [1.807, 2.05) is 27.0 Å². The fourth-order valence-electron chi connectivity index (χ4n) is 3.26. The highest BCUT2D eigenvalue weighted by Gasteiger charge is 2.22. The van der Waals surface area contributed by atoms with E-state index in [1.54, 1.807) is 11.3 Å². The first kappa shape index (κ1) is 21.8. The van der Waals surface area contributed by atoms with Crippen LogP contribution in [-0.4, -0.2) is 43.7 Å². The molecule has 0 saturated carbocycles. The number of rotatable bonds is 8. The van der Waals surface area contributed by atoms with Gasteiger partial charge in [0.2, 0.25) is 0 Å². The lowest BCUT2D eigenvalue weighted by Crippen LogP contribution is -2.43. The SMILES string of the molecule is CC(C)(C)C(=O)OCCCc1cc(CCc2ccc(N3CCNCC3)cn2)cs1. The zero-order valence-electron chi connectivity index (χ0n) is 17.9. The Kier molecular flexibility index (Phi) is 7.67. The molecule has 1 aliphatic rings. The first-order valence-corrected chi connectivity index (χ1v) is 11.4. The van der Waals surface area contributed by atoms with Crippen LogP contribution in [0.5, 0.6) is 0 Å². The van der Waals surface area contributed by atoms with E-state index in [9.17, 15) is 4.79 Å². The average molecular weight is 416 g/mol. The molecule has 29 heavy (non-hydrogen) atoms. The smallest absolute Gasteiger partial charge is 0.311 e. The van der Waals surface area contributed by atoms with Crippen LogP contribution in [0, 0.1) is 5.41 Å². The highest BCUT2D eigenvalue weighted by Crippen LogP contribution is 2.20. The van der Waals surface area contributed by atoms with E-state index in [4.69, 9.17) is 4.74 Å². The summed E-state index contributed by atoms with van der Waals surface area (Å²) in [7, 11) is 0. The lowest BCUT2D eigenvalue weighted by atomic mass is 9.97. The molecule has 5 nitrogen and oxygen atoms in total. The van der Waals surface area contributed by atoms with Crippen LogP contribution in [-0.2, 0) is 28.8 Å². The van der Waals surface area contributed by atoms with Gasteiger partial charge >= 0.3 is 5.97 Å². The molecule has 0 aromatic carbocycles. The largest absolute Gasteiger partial charge is 0.465 e. The Hall–Kier alpha value is -1.92. The fraction of sp³-hybridized carbons (Fsp3) is 0.565. The summed E-state index contributed by atoms with van der Waals surface area (Å²) in [6.45, 7) is 10.3. The minimum Gasteiger partial charge on any atom is -0.465 e. The number of thiophene rings is 1. The molecule has 0 bridgehead atoms. The second kappa shape index (κ2) is 10.2. The van der Waals surface area contributed by atoms with Gasteiger partial charge in [-0.15, -0.1) is 11.3 Å². The second-order valence-corrected chi connectivity index (χ2v) is 9.65. The number of nitrogens with zero attached hydrogens (tertiary/aromatic N) is 2. The number of ether oxygens (including phenoxy) is 1. The normalized spacial score (nSPS) is 14.8. The van der Waals surface area contributed by atoms with Gasteiger partial charge in [-0.1, -0.05) is 0 Å². The zero-order chi connectivity index (χ0) is 20.7. The van der Waals surface area contributed by atoms with Crippen molar-refractivity contribution in [1.29, 1.82) is 0 Å². The number of carbonyl (C=O) groups excluding carboxylic acids is 1. The van der Waals surface area contributed by atoms with E-state index >= 15 is 0 Å². The zero-order valence-corrected chi connectivity index (χ0v) is 18.7. The maximum atomic E-state index is 11.8. The van der Waals surface area contributed by atoms with Crippen LogP contribution in [0.4, 0.5) is 5.69 Å². The van der Waals surface area contributed by atoms with Gasteiger partial charge in [-0.3, -0.25) is 9.78 Å². The minimum atomic E-state index is -0.423. The molecule has 0 amide bonds. The van der Waals surface area contributed by atoms with Gasteiger partial charge in [0, 0.05) is 36.8 Å². The van der Waals surface area contributed by atoms with Crippen molar-refractivity contribution in [3.05, 3.63) is 45.9 Å². The quantitative estimate of drug-likeness (QED) is 0.524. The minimum absolute atomic E-state index is 0.125. The molecule has 1 fully saturated rings. The van der Waals surface area contributed by atoms with E-state index < -0.39 is 5.41 Å². The molecule has 0 aliphatic carbocycles. The Morgan fingerprint density at radius 1 is 1.21 bits per heavy atom. The molecule has 0 radical (unpaired) electrons. The molecule has 6 heteroatoms. The van der Waals surface area contributed by atoms with Gasteiger partial charge < -0.3 is 15.0 Å². The molecule has 3 heterocycles. The van der Waals surface area contributed by atoms with Crippen molar-refractivity contribution >= 4 is 23.0 Å². The number of aromatic nitrogens is 1. The predicted molar refractivity (Wildman–Crippen MR) is 120 cm³/mol. The maximum absolute atomic E-state index is 11.8. The van der Waals surface area contributed by atoms with Gasteiger partial charge in [-0.2, -0.15) is 0 Å². The van der Waals surface area contributed by atoms with Crippen LogP contribution >= 0.6 is 11.3 Å². The summed E-state index contributed by atoms with van der Waals surface area (Å²) in [5, 5.41) is 5.62. The number of pyridine rings is 1. The van der Waals surface area contributed by atoms with Gasteiger partial charge in [0.1, 0.15) is 0 Å². The number of aryl methyl sites for hydroxylation is 3. The maximum Gasteiger partial charge on any atom is 0.311 e. The third-order valence-corrected chi connectivity index (χ3v) is 6.13. The standard InChI is InChI=1S/C23H33N3O2S/c1-23(2,3)22(27)28-14-4-5-21-15-18(17-29-21)6-7-19-8-9-20(16-25-19)26-12-10-24-11-13-26/h8-9,15-17,24H,4-7,10-14H2,1-3H3. The number of carbonyl (C=O) groups is 1. The van der Waals surface area contributed by atoms with Crippen LogP contribution < -0.4 is 10.2 Å². The van der Waals surface area contributed by atoms with E-state index in [-0.39, 0.29) is 5.97 Å². The Morgan fingerprint density at radius 3 is 2.69 bits per heavy atom. The number of nitrogens with one attached hydrogen (secondary N) is 1. The molecular weight excluding hydrogens is 382 g/mol. The number of piperazine rings is 1. The summed E-state index contributed by atoms with van der Waals surface area (Å²) in [6, 6.07) is 6.64. The Labute approximate surface area is 178 Å². The summed E-state index contributed by atoms with van der Waals surface area (Å²) in [5.41, 5.74) is 3.31. The molecule has 3 rings (SSSR count). The highest BCUT2D eigenvalue weighted by atomic mass is 32.1. The Bertz CT molecular complexity index is 774. The van der Waals surface area contributed by atoms with Crippen LogP contribution in [0.15, 0.2) is 29.8 Å². The second-order valence-electron chi connectivity index (χ2n) is 8.66. The third kappa shape index (κ3) is 6.82. The summed E-state index contributed by atoms with van der Waals surface area (Å²) in [4.78, 5) is 20.2. The first-order chi connectivity index (χ1) is 13.9. The topological polar surface area (TPSA) is 54.5 Å². The van der Waals surface area contributed by atoms with Gasteiger partial charge in [0.25, 0.3) is 0 Å². The van der Waals surface area contributed by atoms with Crippen molar-refractivity contribution in [2.45, 2.75) is 46.5 Å². The van der Waals surface area contributed by atoms with Crippen LogP contribution in [0.3, 0.4) is 0 Å². The van der Waals surface area contributed by atoms with Crippen molar-refractivity contribution in [2.24, 2.45) is 5.41 Å². The molecule has 158 valence electrons. The van der Waals surface area contributed by atoms with Gasteiger partial charge in [-0.25, -0.2) is 0 Å². The Balaban J connectivity index is 1.39. The number of esters is 1. The summed E-state index contributed by atoms with van der Waals surface area (Å²) < 4.78 is 5.34. The Morgan fingerprint density at radius 2 is 2.00 bits per heavy atom. The van der Waals surface area contributed by atoms with Crippen molar-refractivity contribution < 1.29 is 9.53 Å². The van der Waals surface area contributed by atoms with Crippen molar-refractivity contribution in [1.82, 2.24) is 10.3 Å². The summed E-state index contributed by atoms with van der Waals surface area (Å²) in [6.07, 6.45) is 5.81. The third-order valence-electron chi connectivity index (χ3n) is 5.08. The molecule has 1 N–H and O–H groups in total. The van der Waals surface area contributed by atoms with Crippen molar-refractivity contribution in [3.8, 4) is 0 Å². The van der Waals surface area contributed by atoms with E-state index in [1.165, 1.54) is 16.1 Å². The lowest BCUT2D eigenvalue weighted by Gasteiger charge is -2.29. The number of hydrogen-bond acceptors (Lipinski definition) is 6. The van der Waals surface area contributed by atoms with Crippen molar-refractivity contribution in [3.63, 3.8) is 0 Å². The van der Waals surface area contributed by atoms with Crippen LogP contribution in [0.25, 0.3) is 0 Å². The van der Waals surface area contributed by atoms with Crippen LogP contribution in [0.1, 0.15) is 43.3 Å². The van der Waals surface area contributed by atoms with E-state index in [0.29, 0.717) is 6.61 Å². The number of anilines is 1. The van der Waals surface area contributed by atoms with Gasteiger partial charge in [0.05, 0.1) is 23.9 Å². The molecule has 0 atom stereocenters. The monoisotopic (exact) mass is 415 g/mol. The first-order valence-electron chi connectivity index (χ1n) is 10.6. The molecule has 0 spiro atoms. The van der Waals surface area contributed by atoms with Crippen molar-refractivity contribution in [2.75, 3.05) is 37.7 Å². The van der Waals surface area contributed by atoms with Gasteiger partial charge in [-0.05, 0) is 75.6 Å². The summed E-state index contributed by atoms with van der Waals surface area (Å²) >= 11 is 1.80. The average Bonchev–Trinajstić information content (AvgIpc) is 3.17. The molecule has 2 aromatic rings. The molecular formula is C23H33N3O2S. The van der Waals surface area contributed by atoms with Crippen LogP contribution in [0.2, 0.25) is 0 Å². The number of hydrogen-bond donors (Lipinski definition) is 1. The predicted octanol–water partition coefficient (Wildman–Crippen LogP) is 3.86. The van der Waals surface area contributed by atoms with E-state index in [2.05, 4.69) is 38.8 Å². The molecule has 0 unspecified atom stereocenters. The fourth-order valence-corrected chi connectivity index (χ4v) is 4.23. The van der Waals surface area contributed by atoms with Gasteiger partial charge in [0.15, 0.2) is 0 Å². The highest BCUT2D eigenvalue weighted by molar-refractivity contribution is 7.10. The summed E-state index contributed by atoms with van der Waals surface area (Å²) in [5.74, 6) is -0.125. The molecule has 1 aliphatic heterocycles. The lowest BCUT2D eigenvalue weighted by molar-refractivity contribution is -0.153.